The van der Waals surface area contributed by atoms with Crippen molar-refractivity contribution in [3.63, 3.8) is 0 Å². The fraction of sp³-hybridized carbons (Fsp3) is 0.484. The van der Waals surface area contributed by atoms with Gasteiger partial charge < -0.3 is 19.9 Å². The third kappa shape index (κ3) is 4.87. The van der Waals surface area contributed by atoms with Crippen molar-refractivity contribution in [2.45, 2.75) is 49.9 Å². The third-order valence-corrected chi connectivity index (χ3v) is 9.27. The first kappa shape index (κ1) is 25.6. The molecule has 7 rings (SSSR count). The van der Waals surface area contributed by atoms with Crippen LogP contribution in [0.3, 0.4) is 0 Å². The molecule has 210 valence electrons. The Morgan fingerprint density at radius 2 is 1.77 bits per heavy atom. The molecule has 9 heteroatoms. The molecule has 0 amide bonds. The fourth-order valence-electron chi connectivity index (χ4n) is 7.13. The minimum Gasteiger partial charge on any atom is -0.494 e. The molecule has 40 heavy (non-hydrogen) atoms. The van der Waals surface area contributed by atoms with Crippen LogP contribution in [-0.2, 0) is 4.84 Å². The van der Waals surface area contributed by atoms with Gasteiger partial charge in [0.05, 0.1) is 25.4 Å². The Morgan fingerprint density at radius 1 is 0.925 bits per heavy atom. The number of rotatable bonds is 7. The van der Waals surface area contributed by atoms with Crippen LogP contribution in [0, 0.1) is 0 Å². The average molecular weight is 542 g/mol. The Balaban J connectivity index is 1.02. The van der Waals surface area contributed by atoms with E-state index in [0.29, 0.717) is 12.4 Å². The van der Waals surface area contributed by atoms with Gasteiger partial charge in [-0.05, 0) is 44.0 Å². The largest absolute Gasteiger partial charge is 0.494 e. The number of nitrogens with one attached hydrogen (secondary N) is 1. The summed E-state index contributed by atoms with van der Waals surface area (Å²) in [5.74, 6) is 2.24. The first-order valence-electron chi connectivity index (χ1n) is 14.6. The summed E-state index contributed by atoms with van der Waals surface area (Å²) in [6, 6.07) is 21.2. The number of likely N-dealkylation sites (N-methyl/N-ethyl adjacent to an activating group) is 1. The molecule has 1 aromatic heterocycles. The van der Waals surface area contributed by atoms with E-state index in [1.807, 2.05) is 17.2 Å². The number of likely N-dealkylation sites (tertiary alicyclic amines) is 2. The Bertz CT molecular complexity index is 1310. The molecule has 0 unspecified atom stereocenters. The van der Waals surface area contributed by atoms with Gasteiger partial charge in [0.25, 0.3) is 0 Å². The van der Waals surface area contributed by atoms with Gasteiger partial charge in [-0.3, -0.25) is 9.74 Å². The van der Waals surface area contributed by atoms with Crippen molar-refractivity contribution in [1.82, 2.24) is 19.8 Å². The van der Waals surface area contributed by atoms with Gasteiger partial charge in [-0.25, -0.2) is 15.0 Å². The molecule has 4 aliphatic heterocycles. The van der Waals surface area contributed by atoms with Crippen LogP contribution in [0.2, 0.25) is 0 Å². The Hall–Kier alpha value is -3.40. The van der Waals surface area contributed by atoms with E-state index in [0.717, 1.165) is 54.9 Å². The van der Waals surface area contributed by atoms with Crippen LogP contribution in [0.1, 0.15) is 37.3 Å². The smallest absolute Gasteiger partial charge is 0.158 e. The minimum atomic E-state index is 0.129. The number of benzene rings is 2. The van der Waals surface area contributed by atoms with Crippen molar-refractivity contribution in [3.8, 4) is 5.75 Å². The number of hydrogen-bond donors (Lipinski definition) is 1. The maximum absolute atomic E-state index is 5.98. The van der Waals surface area contributed by atoms with E-state index < -0.39 is 0 Å². The molecule has 0 saturated carbocycles. The lowest BCUT2D eigenvalue weighted by Gasteiger charge is -2.42. The summed E-state index contributed by atoms with van der Waals surface area (Å²) in [4.78, 5) is 22.8. The van der Waals surface area contributed by atoms with Crippen molar-refractivity contribution < 1.29 is 9.57 Å². The van der Waals surface area contributed by atoms with E-state index in [4.69, 9.17) is 9.57 Å². The number of piperazine rings is 1. The molecule has 4 fully saturated rings. The molecule has 3 aromatic rings. The Labute approximate surface area is 236 Å². The number of fused-ring (bicyclic) bond motifs is 2. The van der Waals surface area contributed by atoms with Crippen LogP contribution < -0.4 is 20.0 Å². The highest BCUT2D eigenvalue weighted by atomic mass is 16.7. The second kappa shape index (κ2) is 10.9. The topological polar surface area (TPSA) is 69.2 Å². The maximum Gasteiger partial charge on any atom is 0.158 e. The van der Waals surface area contributed by atoms with Crippen LogP contribution in [0.25, 0.3) is 0 Å². The van der Waals surface area contributed by atoms with Crippen molar-refractivity contribution in [1.29, 1.82) is 0 Å². The van der Waals surface area contributed by atoms with Crippen molar-refractivity contribution in [2.75, 3.05) is 62.2 Å². The van der Waals surface area contributed by atoms with E-state index in [2.05, 4.69) is 79.5 Å². The number of anilines is 4. The van der Waals surface area contributed by atoms with Crippen LogP contribution in [0.5, 0.6) is 5.75 Å². The van der Waals surface area contributed by atoms with Gasteiger partial charge in [0.2, 0.25) is 0 Å². The molecule has 2 aromatic carbocycles. The van der Waals surface area contributed by atoms with Gasteiger partial charge >= 0.3 is 0 Å². The number of nitrogens with zero attached hydrogens (tertiary/aromatic N) is 6. The number of piperidine rings is 1. The zero-order chi connectivity index (χ0) is 27.1. The molecule has 0 spiro atoms. The van der Waals surface area contributed by atoms with Gasteiger partial charge in [0, 0.05) is 68.5 Å². The summed E-state index contributed by atoms with van der Waals surface area (Å²) in [6.45, 7) is 5.32. The van der Waals surface area contributed by atoms with Crippen LogP contribution in [0.4, 0.5) is 23.0 Å². The van der Waals surface area contributed by atoms with Crippen LogP contribution >= 0.6 is 0 Å². The van der Waals surface area contributed by atoms with Crippen molar-refractivity contribution >= 4 is 23.0 Å². The highest BCUT2D eigenvalue weighted by Gasteiger charge is 2.44. The van der Waals surface area contributed by atoms with Crippen molar-refractivity contribution in [2.24, 2.45) is 0 Å². The quantitative estimate of drug-likeness (QED) is 0.467. The number of aromatic nitrogens is 2. The summed E-state index contributed by atoms with van der Waals surface area (Å²) in [5.41, 5.74) is 3.31. The molecule has 9 nitrogen and oxygen atoms in total. The van der Waals surface area contributed by atoms with Gasteiger partial charge in [-0.15, -0.1) is 0 Å². The maximum atomic E-state index is 5.98. The Kier molecular flexibility index (Phi) is 6.95. The normalized spacial score (nSPS) is 25.6. The standard InChI is InChI=1S/C31H39N7O2/c1-35-19-26-16-25(35)20-37(26)23-10-13-36(14-11-23)24-8-9-27(29(17-24)39-2)34-30-18-31(33-21-32-30)38-28(12-15-40-38)22-6-4-3-5-7-22/h3-9,17-18,21,23,25-26,28H,10-16,19-20H2,1-2H3,(H,32,33,34)/t25-,26-,28-/m1/s1. The molecular weight excluding hydrogens is 502 g/mol. The Morgan fingerprint density at radius 3 is 2.52 bits per heavy atom. The number of methoxy groups -OCH3 is 1. The van der Waals surface area contributed by atoms with Gasteiger partial charge in [0.15, 0.2) is 5.82 Å². The second-order valence-electron chi connectivity index (χ2n) is 11.5. The number of hydroxylamine groups is 1. The summed E-state index contributed by atoms with van der Waals surface area (Å²) in [5, 5.41) is 5.35. The molecule has 0 radical (unpaired) electrons. The predicted molar refractivity (Wildman–Crippen MR) is 157 cm³/mol. The molecule has 5 heterocycles. The van der Waals surface area contributed by atoms with E-state index in [1.165, 1.54) is 43.6 Å². The SMILES string of the molecule is COc1cc(N2CCC(N3C[C@H]4C[C@@H]3CN4C)CC2)ccc1Nc1cc(N2OCC[C@@H]2c2ccccc2)ncn1. The van der Waals surface area contributed by atoms with Crippen LogP contribution in [0.15, 0.2) is 60.9 Å². The van der Waals surface area contributed by atoms with E-state index in [-0.39, 0.29) is 6.04 Å². The van der Waals surface area contributed by atoms with Crippen molar-refractivity contribution in [3.05, 3.63) is 66.5 Å². The number of hydrogen-bond acceptors (Lipinski definition) is 9. The van der Waals surface area contributed by atoms with Gasteiger partial charge in [-0.2, -0.15) is 0 Å². The summed E-state index contributed by atoms with van der Waals surface area (Å²) in [7, 11) is 4.01. The lowest BCUT2D eigenvalue weighted by atomic mass is 10.0. The first-order chi connectivity index (χ1) is 19.7. The summed E-state index contributed by atoms with van der Waals surface area (Å²) in [6.07, 6.45) is 6.30. The van der Waals surface area contributed by atoms with Gasteiger partial charge in [0.1, 0.15) is 17.9 Å². The molecular formula is C31H39N7O2. The van der Waals surface area contributed by atoms with Crippen LogP contribution in [-0.4, -0.2) is 84.8 Å². The molecule has 0 aliphatic carbocycles. The zero-order valence-electron chi connectivity index (χ0n) is 23.4. The van der Waals surface area contributed by atoms with Gasteiger partial charge in [-0.1, -0.05) is 30.3 Å². The molecule has 2 bridgehead atoms. The summed E-state index contributed by atoms with van der Waals surface area (Å²) < 4.78 is 5.82. The zero-order valence-corrected chi connectivity index (χ0v) is 23.4. The summed E-state index contributed by atoms with van der Waals surface area (Å²) >= 11 is 0. The third-order valence-electron chi connectivity index (χ3n) is 9.27. The van der Waals surface area contributed by atoms with E-state index >= 15 is 0 Å². The first-order valence-corrected chi connectivity index (χ1v) is 14.6. The van der Waals surface area contributed by atoms with E-state index in [9.17, 15) is 0 Å². The fourth-order valence-corrected chi connectivity index (χ4v) is 7.13. The lowest BCUT2D eigenvalue weighted by Crippen LogP contribution is -2.52. The molecule has 1 N–H and O–H groups in total. The van der Waals surface area contributed by atoms with E-state index in [1.54, 1.807) is 13.4 Å². The average Bonchev–Trinajstić information content (AvgIpc) is 3.74. The number of ether oxygens (including phenoxy) is 1. The minimum absolute atomic E-state index is 0.129. The highest BCUT2D eigenvalue weighted by Crippen LogP contribution is 2.38. The highest BCUT2D eigenvalue weighted by molar-refractivity contribution is 5.70. The molecule has 3 atom stereocenters. The monoisotopic (exact) mass is 541 g/mol. The molecule has 4 saturated heterocycles. The molecule has 4 aliphatic rings. The lowest BCUT2D eigenvalue weighted by molar-refractivity contribution is 0.0930. The second-order valence-corrected chi connectivity index (χ2v) is 11.5. The predicted octanol–water partition coefficient (Wildman–Crippen LogP) is 4.47.